The highest BCUT2D eigenvalue weighted by Gasteiger charge is 2.37. The van der Waals surface area contributed by atoms with E-state index in [0.717, 1.165) is 22.5 Å². The summed E-state index contributed by atoms with van der Waals surface area (Å²) in [6, 6.07) is 1.28. The van der Waals surface area contributed by atoms with Crippen LogP contribution in [0.25, 0.3) is 0 Å². The normalized spacial score (nSPS) is 14.4. The lowest BCUT2D eigenvalue weighted by Gasteiger charge is -2.30. The lowest BCUT2D eigenvalue weighted by atomic mass is 10.0. The highest BCUT2D eigenvalue weighted by molar-refractivity contribution is 6.43. The zero-order valence-corrected chi connectivity index (χ0v) is 79.6. The molecule has 0 bridgehead atoms. The predicted octanol–water partition coefficient (Wildman–Crippen LogP) is 18.2. The molecule has 0 saturated heterocycles. The standard InChI is InChI=1S/5C10H16N2O2.4C10H16N2O.9CH4/c2*1-6(2)9-10(14)12(7(3)4)5-8(13)11-9;2*1-6(2)9-10(14)12(7(3)4)8(13)5-11-9;1-6(2)8-5-9(13)12(7(3)4)10(14)11-8;2*1-7(2)9-6-12(8(3)4)10(13)5-11-9;2*1-7(2)9-5-11-10(13)12(6-9)8(3)4;;;;;;;;;/h2*6-7H,5H2,1-4H3;2*5-7,9H,1-4H3;5-7H,1-4H3,(H,11,14);4*5-8H,1-4H3;9*1H4. The predicted molar refractivity (Wildman–Crippen MR) is 545 cm³/mol. The molecule has 9 heterocycles. The van der Waals surface area contributed by atoms with E-state index < -0.39 is 12.1 Å². The maximum absolute atomic E-state index is 11.8. The summed E-state index contributed by atoms with van der Waals surface area (Å²) in [5, 5.41) is 0. The number of carbonyl (C=O) groups excluding carboxylic acids is 8. The first-order valence-corrected chi connectivity index (χ1v) is 42.6. The Bertz CT molecular complexity index is 4400. The smallest absolute Gasteiger partial charge is 0.326 e. The van der Waals surface area contributed by atoms with Crippen molar-refractivity contribution >= 4 is 71.1 Å². The summed E-state index contributed by atoms with van der Waals surface area (Å²) < 4.78 is 7.96. The Morgan fingerprint density at radius 2 is 0.611 bits per heavy atom. The van der Waals surface area contributed by atoms with Gasteiger partial charge in [-0.25, -0.2) is 34.3 Å². The quantitative estimate of drug-likeness (QED) is 0.0796. The molecule has 2 atom stereocenters. The molecule has 32 heteroatoms. The summed E-state index contributed by atoms with van der Waals surface area (Å²) in [5.41, 5.74) is 4.66. The van der Waals surface area contributed by atoms with E-state index in [9.17, 15) is 67.1 Å². The molecule has 0 radical (unpaired) electrons. The van der Waals surface area contributed by atoms with E-state index in [1.807, 2.05) is 219 Å². The average Bonchev–Trinajstić information content (AvgIpc) is 0.802. The van der Waals surface area contributed by atoms with Crippen LogP contribution >= 0.6 is 0 Å². The van der Waals surface area contributed by atoms with Crippen molar-refractivity contribution in [2.75, 3.05) is 13.1 Å². The first-order chi connectivity index (χ1) is 56.3. The molecule has 0 spiro atoms. The van der Waals surface area contributed by atoms with Crippen molar-refractivity contribution in [1.82, 2.24) is 67.4 Å². The Kier molecular flexibility index (Phi) is 67.9. The Balaban J connectivity index is -0.000000181. The Morgan fingerprint density at radius 3 is 0.832 bits per heavy atom. The van der Waals surface area contributed by atoms with Gasteiger partial charge in [-0.05, 0) is 177 Å². The molecule has 32 nitrogen and oxygen atoms in total. The van der Waals surface area contributed by atoms with E-state index in [0.29, 0.717) is 40.8 Å². The van der Waals surface area contributed by atoms with Gasteiger partial charge in [0.05, 0.1) is 36.2 Å². The lowest BCUT2D eigenvalue weighted by Crippen LogP contribution is -2.51. The van der Waals surface area contributed by atoms with E-state index in [4.69, 9.17) is 0 Å². The summed E-state index contributed by atoms with van der Waals surface area (Å²) in [5.74, 6) is 0.397. The second kappa shape index (κ2) is 64.3. The second-order valence-electron chi connectivity index (χ2n) is 35.6. The third-order valence-corrected chi connectivity index (χ3v) is 19.1. The van der Waals surface area contributed by atoms with Crippen molar-refractivity contribution in [3.8, 4) is 0 Å². The molecule has 0 saturated carbocycles. The van der Waals surface area contributed by atoms with Crippen LogP contribution in [0.1, 0.15) is 404 Å². The Morgan fingerprint density at radius 1 is 0.313 bits per heavy atom. The van der Waals surface area contributed by atoms with Gasteiger partial charge >= 0.3 is 17.1 Å². The van der Waals surface area contributed by atoms with Gasteiger partial charge in [0.25, 0.3) is 63.9 Å². The summed E-state index contributed by atoms with van der Waals surface area (Å²) in [6.07, 6.45) is 16.1. The molecule has 131 heavy (non-hydrogen) atoms. The van der Waals surface area contributed by atoms with Crippen LogP contribution in [0, 0.1) is 23.7 Å². The Labute approximate surface area is 788 Å². The molecule has 1 N–H and O–H groups in total. The fourth-order valence-electron chi connectivity index (χ4n) is 11.6. The number of hydrogen-bond acceptors (Lipinski definition) is 20. The van der Waals surface area contributed by atoms with Crippen molar-refractivity contribution in [3.63, 3.8) is 0 Å². The van der Waals surface area contributed by atoms with Gasteiger partial charge in [0.1, 0.15) is 36.6 Å². The largest absolute Gasteiger partial charge is 0.347 e. The molecular formula is C99H180N18O14. The molecular weight excluding hydrogens is 1670 g/mol. The van der Waals surface area contributed by atoms with E-state index in [2.05, 4.69) is 100 Å². The molecule has 0 aliphatic carbocycles. The maximum atomic E-state index is 11.8. The number of amides is 8. The minimum Gasteiger partial charge on any atom is -0.326 e. The number of hydrogen-bond donors (Lipinski definition) is 1. The van der Waals surface area contributed by atoms with Crippen LogP contribution in [0.3, 0.4) is 0 Å². The van der Waals surface area contributed by atoms with E-state index in [-0.39, 0.29) is 245 Å². The molecule has 2 unspecified atom stereocenters. The lowest BCUT2D eigenvalue weighted by molar-refractivity contribution is -0.146. The molecule has 4 aliphatic rings. The van der Waals surface area contributed by atoms with Crippen LogP contribution in [-0.2, 0) is 38.4 Å². The van der Waals surface area contributed by atoms with E-state index >= 15 is 0 Å². The molecule has 9 rings (SSSR count). The molecule has 5 aromatic rings. The number of aromatic amines is 1. The van der Waals surface area contributed by atoms with Gasteiger partial charge in [-0.3, -0.25) is 96.2 Å². The highest BCUT2D eigenvalue weighted by Crippen LogP contribution is 2.21. The molecule has 0 aromatic carbocycles. The molecule has 750 valence electrons. The number of nitrogens with zero attached hydrogens (tertiary/aromatic N) is 17. The second-order valence-corrected chi connectivity index (χ2v) is 35.6. The van der Waals surface area contributed by atoms with Gasteiger partial charge < -0.3 is 23.9 Å². The van der Waals surface area contributed by atoms with Crippen molar-refractivity contribution in [1.29, 1.82) is 0 Å². The summed E-state index contributed by atoms with van der Waals surface area (Å²) in [7, 11) is 0. The maximum Gasteiger partial charge on any atom is 0.347 e. The zero-order chi connectivity index (χ0) is 94.4. The number of H-pyrrole nitrogens is 1. The van der Waals surface area contributed by atoms with Gasteiger partial charge in [0.2, 0.25) is 0 Å². The minimum atomic E-state index is -0.393. The van der Waals surface area contributed by atoms with Crippen LogP contribution in [0.2, 0.25) is 0 Å². The highest BCUT2D eigenvalue weighted by atomic mass is 16.2. The number of imide groups is 2. The first-order valence-electron chi connectivity index (χ1n) is 42.6. The topological polar surface area (TPSA) is 393 Å². The minimum absolute atomic E-state index is 0. The monoisotopic (exact) mass is 1850 g/mol. The van der Waals surface area contributed by atoms with Crippen LogP contribution in [-0.4, -0.2) is 188 Å². The average molecular weight is 1850 g/mol. The van der Waals surface area contributed by atoms with Crippen molar-refractivity contribution in [2.24, 2.45) is 43.6 Å². The fourth-order valence-corrected chi connectivity index (χ4v) is 11.6. The van der Waals surface area contributed by atoms with E-state index in [1.165, 1.54) is 45.3 Å². The third kappa shape index (κ3) is 43.1. The molecule has 8 amide bonds. The van der Waals surface area contributed by atoms with E-state index in [1.54, 1.807) is 40.5 Å². The van der Waals surface area contributed by atoms with Gasteiger partial charge in [0.15, 0.2) is 0 Å². The fraction of sp³-hybridized carbons (Fsp3) is 0.677. The van der Waals surface area contributed by atoms with Crippen LogP contribution in [0.15, 0.2) is 104 Å². The number of carbonyl (C=O) groups is 8. The molecule has 0 fully saturated rings. The first kappa shape index (κ1) is 138. The van der Waals surface area contributed by atoms with Crippen LogP contribution in [0.5, 0.6) is 0 Å². The summed E-state index contributed by atoms with van der Waals surface area (Å²) in [6.45, 7) is 70.3. The number of rotatable bonds is 18. The van der Waals surface area contributed by atoms with Crippen molar-refractivity contribution in [3.05, 3.63) is 146 Å². The van der Waals surface area contributed by atoms with Gasteiger partial charge in [-0.2, -0.15) is 0 Å². The zero-order valence-electron chi connectivity index (χ0n) is 79.6. The van der Waals surface area contributed by atoms with Crippen LogP contribution in [0.4, 0.5) is 0 Å². The van der Waals surface area contributed by atoms with Crippen molar-refractivity contribution in [2.45, 2.75) is 412 Å². The number of aliphatic imine (C=N–C) groups is 4. The Hall–Kier alpha value is -10.6. The van der Waals surface area contributed by atoms with Gasteiger partial charge in [-0.1, -0.05) is 191 Å². The van der Waals surface area contributed by atoms with Gasteiger partial charge in [-0.15, -0.1) is 0 Å². The summed E-state index contributed by atoms with van der Waals surface area (Å²) >= 11 is 0. The van der Waals surface area contributed by atoms with Crippen molar-refractivity contribution < 1.29 is 38.4 Å². The summed E-state index contributed by atoms with van der Waals surface area (Å²) in [4.78, 5) is 200. The third-order valence-electron chi connectivity index (χ3n) is 19.1. The number of nitrogens with one attached hydrogen (secondary N) is 1. The molecule has 5 aromatic heterocycles. The van der Waals surface area contributed by atoms with Gasteiger partial charge in [0, 0.05) is 115 Å². The SMILES string of the molecule is C.C.C.C.C.C.C.C.C.CC(C)C1=NC(=O)CN(C(C)C)C1=O.CC(C)C1=NC(=O)CN(C(C)C)C1=O.CC(C)C1N=CC(=O)N(C(C)C)C1=O.CC(C)C1N=CC(=O)N(C(C)C)C1=O.CC(C)c1cc(=O)n(C(C)C)c(=O)[nH]1.CC(C)c1cn(C(C)C)c(=O)cn1.CC(C)c1cn(C(C)C)c(=O)cn1.CC(C)c1cnc(=O)n(C(C)C)c1.CC(C)c1cnc(=O)n(C(C)C)c1. The van der Waals surface area contributed by atoms with Crippen LogP contribution < -0.4 is 33.7 Å². The molecule has 4 aliphatic heterocycles. The number of aromatic nitrogens is 10.